The van der Waals surface area contributed by atoms with Gasteiger partial charge in [0.15, 0.2) is 0 Å². The molecule has 0 aromatic rings. The van der Waals surface area contributed by atoms with Crippen LogP contribution in [0.3, 0.4) is 0 Å². The lowest BCUT2D eigenvalue weighted by Crippen LogP contribution is -1.55. The van der Waals surface area contributed by atoms with E-state index in [1.807, 2.05) is 0 Å². The quantitative estimate of drug-likeness (QED) is 0.372. The fourth-order valence-electron chi connectivity index (χ4n) is 0.105. The lowest BCUT2D eigenvalue weighted by Gasteiger charge is -1.86. The number of hydrogen-bond acceptors (Lipinski definition) is 2. The predicted octanol–water partition coefficient (Wildman–Crippen LogP) is 2.03. The molecule has 2 unspecified atom stereocenters. The molecule has 0 saturated carbocycles. The molecule has 0 aliphatic carbocycles. The van der Waals surface area contributed by atoms with E-state index in [-0.39, 0.29) is 0 Å². The van der Waals surface area contributed by atoms with Crippen LogP contribution in [0, 0.1) is 0 Å². The summed E-state index contributed by atoms with van der Waals surface area (Å²) in [5, 5.41) is 0. The van der Waals surface area contributed by atoms with Gasteiger partial charge < -0.3 is 0 Å². The number of rotatable bonds is 3. The first-order valence-electron chi connectivity index (χ1n) is 1.55. The third-order valence-corrected chi connectivity index (χ3v) is 4.17. The van der Waals surface area contributed by atoms with Crippen molar-refractivity contribution in [1.29, 1.82) is 0 Å². The molecule has 0 aromatic carbocycles. The zero-order chi connectivity index (χ0) is 4.83. The maximum absolute atomic E-state index is 4.04. The Labute approximate surface area is 52.4 Å². The van der Waals surface area contributed by atoms with Crippen LogP contribution in [0.25, 0.3) is 0 Å². The van der Waals surface area contributed by atoms with Crippen LogP contribution in [0.1, 0.15) is 0 Å². The molecule has 0 heterocycles. The first-order chi connectivity index (χ1) is 2.91. The number of thiol groups is 1. The Morgan fingerprint density at radius 3 is 2.67 bits per heavy atom. The second kappa shape index (κ2) is 6.56. The largest absolute Gasteiger partial charge is 0.175 e. The summed E-state index contributed by atoms with van der Waals surface area (Å²) in [6.07, 6.45) is 0. The molecule has 0 radical (unpaired) electrons. The van der Waals surface area contributed by atoms with Crippen molar-refractivity contribution in [1.82, 2.24) is 0 Å². The van der Waals surface area contributed by atoms with Crippen molar-refractivity contribution < 1.29 is 0 Å². The van der Waals surface area contributed by atoms with E-state index >= 15 is 0 Å². The summed E-state index contributed by atoms with van der Waals surface area (Å²) in [7, 11) is 3.64. The van der Waals surface area contributed by atoms with Crippen molar-refractivity contribution in [3.63, 3.8) is 0 Å². The fraction of sp³-hybridized carbons (Fsp3) is 1.00. The Bertz CT molecular complexity index is 21.5. The zero-order valence-electron chi connectivity index (χ0n) is 3.35. The topological polar surface area (TPSA) is 0 Å². The molecular weight excluding hydrogens is 150 g/mol. The molecular formula is C2H8P2S2. The highest BCUT2D eigenvalue weighted by molar-refractivity contribution is 8.45. The third kappa shape index (κ3) is 5.56. The molecule has 0 bridgehead atoms. The van der Waals surface area contributed by atoms with Gasteiger partial charge in [-0.25, -0.2) is 0 Å². The lowest BCUT2D eigenvalue weighted by molar-refractivity contribution is 2.15. The lowest BCUT2D eigenvalue weighted by atomic mass is 11.9. The molecule has 4 heteroatoms. The predicted molar refractivity (Wildman–Crippen MR) is 44.3 cm³/mol. The average molecular weight is 158 g/mol. The van der Waals surface area contributed by atoms with Crippen molar-refractivity contribution in [2.45, 2.75) is 0 Å². The molecule has 0 rings (SSSR count). The number of hydrogen-bond donors (Lipinski definition) is 1. The van der Waals surface area contributed by atoms with Gasteiger partial charge in [-0.1, -0.05) is 8.44 Å². The molecule has 2 atom stereocenters. The van der Waals surface area contributed by atoms with E-state index in [0.717, 1.165) is 14.1 Å². The molecule has 0 N–H and O–H groups in total. The summed E-state index contributed by atoms with van der Waals surface area (Å²) in [4.78, 5) is 0. The fourth-order valence-corrected chi connectivity index (χ4v) is 2.82. The van der Waals surface area contributed by atoms with E-state index in [1.54, 1.807) is 11.4 Å². The van der Waals surface area contributed by atoms with E-state index in [2.05, 4.69) is 21.1 Å². The van der Waals surface area contributed by atoms with Crippen LogP contribution in [0.4, 0.5) is 0 Å². The molecule has 0 aromatic heterocycles. The Morgan fingerprint density at radius 2 is 2.50 bits per heavy atom. The first-order valence-corrected chi connectivity index (χ1v) is 6.06. The van der Waals surface area contributed by atoms with Gasteiger partial charge in [0.05, 0.1) is 0 Å². The van der Waals surface area contributed by atoms with Crippen LogP contribution in [0.5, 0.6) is 0 Å². The van der Waals surface area contributed by atoms with Gasteiger partial charge in [0.25, 0.3) is 0 Å². The SMILES string of the molecule is PSCPCS. The van der Waals surface area contributed by atoms with Crippen LogP contribution in [-0.4, -0.2) is 11.0 Å². The molecule has 0 amide bonds. The van der Waals surface area contributed by atoms with E-state index in [9.17, 15) is 0 Å². The van der Waals surface area contributed by atoms with Gasteiger partial charge >= 0.3 is 0 Å². The molecule has 38 valence electrons. The molecule has 0 spiro atoms. The van der Waals surface area contributed by atoms with Gasteiger partial charge in [-0.2, -0.15) is 12.6 Å². The summed E-state index contributed by atoms with van der Waals surface area (Å²) in [6, 6.07) is 0. The Kier molecular flexibility index (Phi) is 8.27. The van der Waals surface area contributed by atoms with Gasteiger partial charge in [-0.05, 0) is 0 Å². The van der Waals surface area contributed by atoms with Gasteiger partial charge in [0.1, 0.15) is 0 Å². The average Bonchev–Trinajstić information content (AvgIpc) is 1.61. The van der Waals surface area contributed by atoms with Crippen molar-refractivity contribution in [2.75, 3.05) is 11.0 Å². The summed E-state index contributed by atoms with van der Waals surface area (Å²) in [5.41, 5.74) is 2.29. The monoisotopic (exact) mass is 158 g/mol. The minimum absolute atomic E-state index is 1.02. The van der Waals surface area contributed by atoms with Gasteiger partial charge in [-0.15, -0.1) is 20.0 Å². The van der Waals surface area contributed by atoms with Crippen LogP contribution in [0.15, 0.2) is 0 Å². The summed E-state index contributed by atoms with van der Waals surface area (Å²) >= 11 is 5.85. The Morgan fingerprint density at radius 1 is 1.83 bits per heavy atom. The van der Waals surface area contributed by atoms with Crippen molar-refractivity contribution >= 4 is 41.0 Å². The minimum atomic E-state index is 1.02. The molecule has 0 saturated heterocycles. The third-order valence-electron chi connectivity index (χ3n) is 0.297. The smallest absolute Gasteiger partial charge is 0.0152 e. The highest BCUT2D eigenvalue weighted by Crippen LogP contribution is 2.23. The van der Waals surface area contributed by atoms with E-state index < -0.39 is 0 Å². The van der Waals surface area contributed by atoms with Crippen molar-refractivity contribution in [2.24, 2.45) is 0 Å². The van der Waals surface area contributed by atoms with E-state index in [1.165, 1.54) is 5.49 Å². The van der Waals surface area contributed by atoms with Gasteiger partial charge in [0.2, 0.25) is 0 Å². The Balaban J connectivity index is 2.34. The molecule has 0 nitrogen and oxygen atoms in total. The van der Waals surface area contributed by atoms with Crippen molar-refractivity contribution in [3.05, 3.63) is 0 Å². The van der Waals surface area contributed by atoms with Crippen molar-refractivity contribution in [3.8, 4) is 0 Å². The molecule has 0 fully saturated rings. The first kappa shape index (κ1) is 7.56. The van der Waals surface area contributed by atoms with Crippen LogP contribution in [0.2, 0.25) is 0 Å². The Hall–Kier alpha value is 1.56. The zero-order valence-corrected chi connectivity index (χ0v) is 7.21. The summed E-state index contributed by atoms with van der Waals surface area (Å²) in [6.45, 7) is 0. The standard InChI is InChI=1S/C2H8P2S2/c3-6-2-4-1-5/h4-5H,1-3H2. The van der Waals surface area contributed by atoms with E-state index in [0.29, 0.717) is 0 Å². The highest BCUT2D eigenvalue weighted by atomic mass is 32.7. The second-order valence-corrected chi connectivity index (χ2v) is 4.97. The molecule has 0 aliphatic rings. The van der Waals surface area contributed by atoms with Gasteiger partial charge in [-0.3, -0.25) is 0 Å². The minimum Gasteiger partial charge on any atom is -0.175 e. The molecule has 6 heavy (non-hydrogen) atoms. The van der Waals surface area contributed by atoms with Gasteiger partial charge in [0, 0.05) is 11.0 Å². The maximum atomic E-state index is 4.04. The maximum Gasteiger partial charge on any atom is 0.0152 e. The normalized spacial score (nSPS) is 11.0. The van der Waals surface area contributed by atoms with Crippen LogP contribution in [-0.2, 0) is 0 Å². The van der Waals surface area contributed by atoms with Crippen LogP contribution < -0.4 is 0 Å². The highest BCUT2D eigenvalue weighted by Gasteiger charge is 1.75. The van der Waals surface area contributed by atoms with E-state index in [4.69, 9.17) is 0 Å². The second-order valence-electron chi connectivity index (χ2n) is 0.719. The summed E-state index contributed by atoms with van der Waals surface area (Å²) < 4.78 is 0. The summed E-state index contributed by atoms with van der Waals surface area (Å²) in [5.74, 6) is 0. The van der Waals surface area contributed by atoms with Crippen LogP contribution >= 0.6 is 41.0 Å². The molecule has 0 aliphatic heterocycles.